The van der Waals surface area contributed by atoms with E-state index in [9.17, 15) is 0 Å². The molecule has 3 aliphatic rings. The van der Waals surface area contributed by atoms with Crippen molar-refractivity contribution in [3.05, 3.63) is 18.2 Å². The SMILES string of the molecule is c1cc(N2CCCCC2)c(N2CCOCC2)c(N2CCCC2)c1. The number of piperidine rings is 1. The van der Waals surface area contributed by atoms with Crippen molar-refractivity contribution in [3.63, 3.8) is 0 Å². The Morgan fingerprint density at radius 3 is 1.70 bits per heavy atom. The molecule has 3 aliphatic heterocycles. The molecule has 4 rings (SSSR count). The van der Waals surface area contributed by atoms with Gasteiger partial charge in [0.1, 0.15) is 0 Å². The Kier molecular flexibility index (Phi) is 4.60. The van der Waals surface area contributed by atoms with Crippen molar-refractivity contribution in [2.24, 2.45) is 0 Å². The van der Waals surface area contributed by atoms with E-state index in [0.29, 0.717) is 0 Å². The van der Waals surface area contributed by atoms with Crippen LogP contribution >= 0.6 is 0 Å². The molecule has 3 fully saturated rings. The molecule has 4 heteroatoms. The number of nitrogens with zero attached hydrogens (tertiary/aromatic N) is 3. The van der Waals surface area contributed by atoms with E-state index in [0.717, 1.165) is 26.3 Å². The lowest BCUT2D eigenvalue weighted by Gasteiger charge is -2.38. The zero-order valence-corrected chi connectivity index (χ0v) is 14.2. The minimum absolute atomic E-state index is 0.855. The highest BCUT2D eigenvalue weighted by atomic mass is 16.5. The summed E-state index contributed by atoms with van der Waals surface area (Å²) in [6.45, 7) is 8.59. The summed E-state index contributed by atoms with van der Waals surface area (Å²) in [5.41, 5.74) is 4.38. The van der Waals surface area contributed by atoms with Crippen LogP contribution in [0.1, 0.15) is 32.1 Å². The molecule has 0 aliphatic carbocycles. The summed E-state index contributed by atoms with van der Waals surface area (Å²) in [6, 6.07) is 6.95. The number of para-hydroxylation sites is 1. The summed E-state index contributed by atoms with van der Waals surface area (Å²) in [5.74, 6) is 0. The normalized spacial score (nSPS) is 22.7. The van der Waals surface area contributed by atoms with Crippen LogP contribution in [0.4, 0.5) is 17.1 Å². The Labute approximate surface area is 140 Å². The Morgan fingerprint density at radius 1 is 0.609 bits per heavy atom. The molecule has 0 bridgehead atoms. The van der Waals surface area contributed by atoms with Crippen LogP contribution < -0.4 is 14.7 Å². The number of anilines is 3. The van der Waals surface area contributed by atoms with Gasteiger partial charge in [-0.25, -0.2) is 0 Å². The van der Waals surface area contributed by atoms with Gasteiger partial charge in [-0.3, -0.25) is 0 Å². The second-order valence-electron chi connectivity index (χ2n) is 6.99. The predicted molar refractivity (Wildman–Crippen MR) is 97.0 cm³/mol. The second kappa shape index (κ2) is 7.00. The number of morpholine rings is 1. The number of hydrogen-bond donors (Lipinski definition) is 0. The standard InChI is InChI=1S/C19H29N3O/c1-2-9-20(10-3-1)17-7-6-8-18(21-11-4-5-12-21)19(17)22-13-15-23-16-14-22/h6-8H,1-5,9-16H2. The van der Waals surface area contributed by atoms with E-state index in [1.54, 1.807) is 0 Å². The lowest BCUT2D eigenvalue weighted by Crippen LogP contribution is -2.39. The molecule has 3 heterocycles. The van der Waals surface area contributed by atoms with Gasteiger partial charge in [-0.15, -0.1) is 0 Å². The van der Waals surface area contributed by atoms with Gasteiger partial charge in [-0.1, -0.05) is 6.07 Å². The molecule has 0 aromatic heterocycles. The van der Waals surface area contributed by atoms with Crippen LogP contribution in [0.25, 0.3) is 0 Å². The van der Waals surface area contributed by atoms with Crippen LogP contribution in [0.15, 0.2) is 18.2 Å². The Morgan fingerprint density at radius 2 is 1.13 bits per heavy atom. The monoisotopic (exact) mass is 315 g/mol. The van der Waals surface area contributed by atoms with Crippen LogP contribution in [0, 0.1) is 0 Å². The molecule has 0 saturated carbocycles. The van der Waals surface area contributed by atoms with E-state index < -0.39 is 0 Å². The van der Waals surface area contributed by atoms with E-state index in [-0.39, 0.29) is 0 Å². The summed E-state index contributed by atoms with van der Waals surface area (Å²) < 4.78 is 5.60. The van der Waals surface area contributed by atoms with Crippen molar-refractivity contribution >= 4 is 17.1 Å². The first-order chi connectivity index (χ1) is 11.4. The summed E-state index contributed by atoms with van der Waals surface area (Å²) in [5, 5.41) is 0. The van der Waals surface area contributed by atoms with Crippen molar-refractivity contribution in [3.8, 4) is 0 Å². The third-order valence-electron chi connectivity index (χ3n) is 5.46. The van der Waals surface area contributed by atoms with Crippen molar-refractivity contribution < 1.29 is 4.74 Å². The quantitative estimate of drug-likeness (QED) is 0.853. The van der Waals surface area contributed by atoms with E-state index in [1.807, 2.05) is 0 Å². The first-order valence-electron chi connectivity index (χ1n) is 9.39. The van der Waals surface area contributed by atoms with Gasteiger partial charge in [0.15, 0.2) is 0 Å². The van der Waals surface area contributed by atoms with Crippen LogP contribution in [-0.4, -0.2) is 52.5 Å². The average Bonchev–Trinajstić information content (AvgIpc) is 3.17. The van der Waals surface area contributed by atoms with Crippen LogP contribution in [0.2, 0.25) is 0 Å². The maximum Gasteiger partial charge on any atom is 0.0843 e. The van der Waals surface area contributed by atoms with Gasteiger partial charge in [0, 0.05) is 39.3 Å². The fourth-order valence-corrected chi connectivity index (χ4v) is 4.23. The molecule has 0 radical (unpaired) electrons. The van der Waals surface area contributed by atoms with E-state index in [2.05, 4.69) is 32.9 Å². The molecule has 0 N–H and O–H groups in total. The Balaban J connectivity index is 1.72. The summed E-state index contributed by atoms with van der Waals surface area (Å²) in [6.07, 6.45) is 6.70. The van der Waals surface area contributed by atoms with Crippen LogP contribution in [-0.2, 0) is 4.74 Å². The molecule has 0 amide bonds. The molecule has 1 aromatic carbocycles. The zero-order chi connectivity index (χ0) is 15.5. The van der Waals surface area contributed by atoms with Crippen molar-refractivity contribution in [1.82, 2.24) is 0 Å². The number of rotatable bonds is 3. The highest BCUT2D eigenvalue weighted by Gasteiger charge is 2.26. The van der Waals surface area contributed by atoms with Gasteiger partial charge in [0.05, 0.1) is 30.3 Å². The van der Waals surface area contributed by atoms with Gasteiger partial charge >= 0.3 is 0 Å². The molecule has 23 heavy (non-hydrogen) atoms. The highest BCUT2D eigenvalue weighted by molar-refractivity contribution is 5.85. The summed E-state index contributed by atoms with van der Waals surface area (Å²) >= 11 is 0. The topological polar surface area (TPSA) is 19.0 Å². The summed E-state index contributed by atoms with van der Waals surface area (Å²) in [7, 11) is 0. The fraction of sp³-hybridized carbons (Fsp3) is 0.684. The third kappa shape index (κ3) is 3.14. The number of benzene rings is 1. The van der Waals surface area contributed by atoms with Crippen molar-refractivity contribution in [1.29, 1.82) is 0 Å². The average molecular weight is 315 g/mol. The van der Waals surface area contributed by atoms with E-state index >= 15 is 0 Å². The Bertz CT molecular complexity index is 515. The molecule has 0 atom stereocenters. The maximum absolute atomic E-state index is 5.60. The molecule has 3 saturated heterocycles. The molecular formula is C19H29N3O. The third-order valence-corrected chi connectivity index (χ3v) is 5.46. The van der Waals surface area contributed by atoms with Crippen molar-refractivity contribution in [2.75, 3.05) is 67.2 Å². The second-order valence-corrected chi connectivity index (χ2v) is 6.99. The molecule has 0 spiro atoms. The molecule has 126 valence electrons. The zero-order valence-electron chi connectivity index (χ0n) is 14.2. The van der Waals surface area contributed by atoms with Crippen LogP contribution in [0.5, 0.6) is 0 Å². The van der Waals surface area contributed by atoms with Crippen LogP contribution in [0.3, 0.4) is 0 Å². The lowest BCUT2D eigenvalue weighted by molar-refractivity contribution is 0.123. The number of hydrogen-bond acceptors (Lipinski definition) is 4. The highest BCUT2D eigenvalue weighted by Crippen LogP contribution is 2.41. The van der Waals surface area contributed by atoms with E-state index in [4.69, 9.17) is 4.74 Å². The predicted octanol–water partition coefficient (Wildman–Crippen LogP) is 3.11. The minimum Gasteiger partial charge on any atom is -0.378 e. The fourth-order valence-electron chi connectivity index (χ4n) is 4.23. The molecular weight excluding hydrogens is 286 g/mol. The van der Waals surface area contributed by atoms with Gasteiger partial charge in [0.25, 0.3) is 0 Å². The first-order valence-corrected chi connectivity index (χ1v) is 9.39. The van der Waals surface area contributed by atoms with Gasteiger partial charge in [-0.05, 0) is 44.2 Å². The number of ether oxygens (including phenoxy) is 1. The molecule has 0 unspecified atom stereocenters. The maximum atomic E-state index is 5.60. The largest absolute Gasteiger partial charge is 0.378 e. The van der Waals surface area contributed by atoms with Gasteiger partial charge in [0.2, 0.25) is 0 Å². The lowest BCUT2D eigenvalue weighted by atomic mass is 10.1. The van der Waals surface area contributed by atoms with Gasteiger partial charge in [-0.2, -0.15) is 0 Å². The van der Waals surface area contributed by atoms with E-state index in [1.165, 1.54) is 75.3 Å². The van der Waals surface area contributed by atoms with Gasteiger partial charge < -0.3 is 19.4 Å². The summed E-state index contributed by atoms with van der Waals surface area (Å²) in [4.78, 5) is 7.78. The smallest absolute Gasteiger partial charge is 0.0843 e. The molecule has 4 nitrogen and oxygen atoms in total. The first kappa shape index (κ1) is 15.1. The minimum atomic E-state index is 0.855. The Hall–Kier alpha value is -1.42. The van der Waals surface area contributed by atoms with Crippen molar-refractivity contribution in [2.45, 2.75) is 32.1 Å². The molecule has 1 aromatic rings.